The first kappa shape index (κ1) is 16.6. The topological polar surface area (TPSA) is 61.1 Å². The summed E-state index contributed by atoms with van der Waals surface area (Å²) in [7, 11) is 1.93. The second kappa shape index (κ2) is 6.97. The second-order valence-electron chi connectivity index (χ2n) is 6.26. The summed E-state index contributed by atoms with van der Waals surface area (Å²) in [6.07, 6.45) is 1.58. The zero-order valence-corrected chi connectivity index (χ0v) is 14.0. The van der Waals surface area contributed by atoms with Crippen LogP contribution in [0.15, 0.2) is 6.07 Å². The summed E-state index contributed by atoms with van der Waals surface area (Å²) in [6, 6.07) is 4.60. The molecular weight excluding hydrogens is 276 g/mol. The van der Waals surface area contributed by atoms with Crippen molar-refractivity contribution < 1.29 is 4.79 Å². The first-order valence-corrected chi connectivity index (χ1v) is 8.04. The molecule has 2 heterocycles. The van der Waals surface area contributed by atoms with Crippen LogP contribution in [-0.4, -0.2) is 34.5 Å². The van der Waals surface area contributed by atoms with E-state index in [1.54, 1.807) is 0 Å². The molecule has 5 heteroatoms. The molecule has 1 fully saturated rings. The van der Waals surface area contributed by atoms with Gasteiger partial charge in [0.05, 0.1) is 0 Å². The number of piperidine rings is 1. The van der Waals surface area contributed by atoms with E-state index in [1.165, 1.54) is 5.56 Å². The van der Waals surface area contributed by atoms with Crippen LogP contribution in [0, 0.1) is 24.2 Å². The number of likely N-dealkylation sites (tertiary alicyclic amines) is 1. The van der Waals surface area contributed by atoms with Crippen LogP contribution in [0.1, 0.15) is 43.6 Å². The zero-order valence-electron chi connectivity index (χ0n) is 14.0. The van der Waals surface area contributed by atoms with Crippen LogP contribution in [0.4, 0.5) is 0 Å². The second-order valence-corrected chi connectivity index (χ2v) is 6.26. The number of hydrogen-bond donors (Lipinski definition) is 1. The average molecular weight is 302 g/mol. The van der Waals surface area contributed by atoms with Gasteiger partial charge in [-0.05, 0) is 30.9 Å². The van der Waals surface area contributed by atoms with E-state index >= 15 is 0 Å². The molecule has 2 rings (SSSR count). The standard InChI is InChI=1S/C17H26N4O/c1-5-17(22)21-7-6-16(12(2)11-21)19-10-14-8-15(9-18)20(4)13(14)3/h8,12,16,19H,5-7,10-11H2,1-4H3/t12-,16-/m1/s1. The normalized spacial score (nSPS) is 21.7. The Labute approximate surface area is 132 Å². The molecule has 0 radical (unpaired) electrons. The van der Waals surface area contributed by atoms with Gasteiger partial charge in [0.1, 0.15) is 11.8 Å². The molecule has 120 valence electrons. The van der Waals surface area contributed by atoms with Gasteiger partial charge in [-0.15, -0.1) is 0 Å². The molecule has 1 saturated heterocycles. The van der Waals surface area contributed by atoms with E-state index in [0.29, 0.717) is 24.1 Å². The Morgan fingerprint density at radius 1 is 1.55 bits per heavy atom. The minimum absolute atomic E-state index is 0.253. The lowest BCUT2D eigenvalue weighted by Crippen LogP contribution is -2.49. The number of carbonyl (C=O) groups is 1. The van der Waals surface area contributed by atoms with Crippen LogP contribution in [0.3, 0.4) is 0 Å². The third kappa shape index (κ3) is 3.33. The third-order valence-corrected chi connectivity index (χ3v) is 4.87. The van der Waals surface area contributed by atoms with Crippen molar-refractivity contribution in [1.29, 1.82) is 5.26 Å². The first-order chi connectivity index (χ1) is 10.5. The highest BCUT2D eigenvalue weighted by Gasteiger charge is 2.27. The predicted octanol–water partition coefficient (Wildman–Crippen LogP) is 1.94. The number of nitrogens with zero attached hydrogens (tertiary/aromatic N) is 3. The highest BCUT2D eigenvalue weighted by Crippen LogP contribution is 2.19. The molecule has 5 nitrogen and oxygen atoms in total. The largest absolute Gasteiger partial charge is 0.342 e. The molecule has 2 atom stereocenters. The van der Waals surface area contributed by atoms with Crippen LogP contribution in [0.5, 0.6) is 0 Å². The number of aromatic nitrogens is 1. The third-order valence-electron chi connectivity index (χ3n) is 4.87. The van der Waals surface area contributed by atoms with Crippen molar-refractivity contribution in [2.45, 2.75) is 46.2 Å². The average Bonchev–Trinajstić information content (AvgIpc) is 2.80. The maximum atomic E-state index is 11.8. The van der Waals surface area contributed by atoms with Gasteiger partial charge in [-0.25, -0.2) is 0 Å². The molecule has 0 unspecified atom stereocenters. The molecule has 1 aromatic rings. The number of nitriles is 1. The molecule has 22 heavy (non-hydrogen) atoms. The van der Waals surface area contributed by atoms with Gasteiger partial charge < -0.3 is 14.8 Å². The summed E-state index contributed by atoms with van der Waals surface area (Å²) < 4.78 is 1.93. The zero-order chi connectivity index (χ0) is 16.3. The van der Waals surface area contributed by atoms with Crippen molar-refractivity contribution >= 4 is 5.91 Å². The molecule has 0 bridgehead atoms. The van der Waals surface area contributed by atoms with E-state index < -0.39 is 0 Å². The molecule has 1 aromatic heterocycles. The van der Waals surface area contributed by atoms with E-state index in [4.69, 9.17) is 5.26 Å². The van der Waals surface area contributed by atoms with Gasteiger partial charge in [0.2, 0.25) is 5.91 Å². The molecule has 0 saturated carbocycles. The highest BCUT2D eigenvalue weighted by molar-refractivity contribution is 5.75. The maximum absolute atomic E-state index is 11.8. The van der Waals surface area contributed by atoms with Crippen molar-refractivity contribution in [2.75, 3.05) is 13.1 Å². The fourth-order valence-corrected chi connectivity index (χ4v) is 3.19. The van der Waals surface area contributed by atoms with E-state index in [1.807, 2.05) is 36.4 Å². The Balaban J connectivity index is 1.93. The van der Waals surface area contributed by atoms with Crippen LogP contribution in [0.2, 0.25) is 0 Å². The molecule has 1 N–H and O–H groups in total. The number of amides is 1. The van der Waals surface area contributed by atoms with E-state index in [-0.39, 0.29) is 5.91 Å². The molecule has 1 aliphatic heterocycles. The molecule has 0 aliphatic carbocycles. The van der Waals surface area contributed by atoms with Crippen LogP contribution in [0.25, 0.3) is 0 Å². The maximum Gasteiger partial charge on any atom is 0.222 e. The Morgan fingerprint density at radius 3 is 2.82 bits per heavy atom. The van der Waals surface area contributed by atoms with Gasteiger partial charge in [-0.2, -0.15) is 5.26 Å². The van der Waals surface area contributed by atoms with Crippen molar-refractivity contribution in [3.63, 3.8) is 0 Å². The summed E-state index contributed by atoms with van der Waals surface area (Å²) in [6.45, 7) is 8.61. The van der Waals surface area contributed by atoms with Gasteiger partial charge >= 0.3 is 0 Å². The summed E-state index contributed by atoms with van der Waals surface area (Å²) in [5, 5.41) is 12.7. The summed E-state index contributed by atoms with van der Waals surface area (Å²) >= 11 is 0. The SMILES string of the molecule is CCC(=O)N1CC[C@@H](NCc2cc(C#N)n(C)c2C)[C@H](C)C1. The van der Waals surface area contributed by atoms with Gasteiger partial charge in [-0.3, -0.25) is 4.79 Å². The molecule has 1 amide bonds. The summed E-state index contributed by atoms with van der Waals surface area (Å²) in [4.78, 5) is 13.8. The van der Waals surface area contributed by atoms with Crippen LogP contribution < -0.4 is 5.32 Å². The fraction of sp³-hybridized carbons (Fsp3) is 0.647. The Bertz CT molecular complexity index is 584. The summed E-state index contributed by atoms with van der Waals surface area (Å²) in [5.41, 5.74) is 3.01. The van der Waals surface area contributed by atoms with Crippen molar-refractivity contribution in [3.05, 3.63) is 23.0 Å². The fourth-order valence-electron chi connectivity index (χ4n) is 3.19. The van der Waals surface area contributed by atoms with E-state index in [9.17, 15) is 4.79 Å². The lowest BCUT2D eigenvalue weighted by Gasteiger charge is -2.37. The lowest BCUT2D eigenvalue weighted by molar-refractivity contribution is -0.132. The quantitative estimate of drug-likeness (QED) is 0.924. The number of nitrogens with one attached hydrogen (secondary N) is 1. The van der Waals surface area contributed by atoms with Gasteiger partial charge in [0.25, 0.3) is 0 Å². The predicted molar refractivity (Wildman–Crippen MR) is 86.1 cm³/mol. The van der Waals surface area contributed by atoms with Gasteiger partial charge in [0, 0.05) is 44.8 Å². The van der Waals surface area contributed by atoms with Crippen LogP contribution >= 0.6 is 0 Å². The highest BCUT2D eigenvalue weighted by atomic mass is 16.2. The van der Waals surface area contributed by atoms with Gasteiger partial charge in [-0.1, -0.05) is 13.8 Å². The Kier molecular flexibility index (Phi) is 5.25. The van der Waals surface area contributed by atoms with Crippen LogP contribution in [-0.2, 0) is 18.4 Å². The number of hydrogen-bond acceptors (Lipinski definition) is 3. The van der Waals surface area contributed by atoms with Crippen molar-refractivity contribution in [2.24, 2.45) is 13.0 Å². The monoisotopic (exact) mass is 302 g/mol. The Morgan fingerprint density at radius 2 is 2.27 bits per heavy atom. The van der Waals surface area contributed by atoms with E-state index in [0.717, 1.165) is 31.7 Å². The van der Waals surface area contributed by atoms with Gasteiger partial charge in [0.15, 0.2) is 0 Å². The number of carbonyl (C=O) groups excluding carboxylic acids is 1. The Hall–Kier alpha value is -1.80. The molecule has 1 aliphatic rings. The molecular formula is C17H26N4O. The molecule has 0 spiro atoms. The van der Waals surface area contributed by atoms with E-state index in [2.05, 4.69) is 18.3 Å². The van der Waals surface area contributed by atoms with Crippen molar-refractivity contribution in [1.82, 2.24) is 14.8 Å². The lowest BCUT2D eigenvalue weighted by atomic mass is 9.93. The minimum Gasteiger partial charge on any atom is -0.342 e. The van der Waals surface area contributed by atoms with Crippen molar-refractivity contribution in [3.8, 4) is 6.07 Å². The first-order valence-electron chi connectivity index (χ1n) is 8.04. The molecule has 0 aromatic carbocycles. The number of rotatable bonds is 4. The summed E-state index contributed by atoms with van der Waals surface area (Å²) in [5.74, 6) is 0.701. The smallest absolute Gasteiger partial charge is 0.222 e. The minimum atomic E-state index is 0.253.